The van der Waals surface area contributed by atoms with Crippen LogP contribution in [0.25, 0.3) is 0 Å². The number of halogens is 2. The van der Waals surface area contributed by atoms with Crippen LogP contribution in [0, 0.1) is 3.57 Å². The molecule has 1 unspecified atom stereocenters. The SMILES string of the molecule is C=CCN(CC=C)c1ccc(C(O/C=C/CN(CC=C)c2ccc(I)cc2)c2ccc(Cl)c(S(N)(=O)=O)c2)cc1. The lowest BCUT2D eigenvalue weighted by molar-refractivity contribution is 0.182. The van der Waals surface area contributed by atoms with Crippen molar-refractivity contribution in [1.82, 2.24) is 0 Å². The van der Waals surface area contributed by atoms with Crippen molar-refractivity contribution in [2.75, 3.05) is 36.0 Å². The first-order valence-electron chi connectivity index (χ1n) is 12.5. The maximum absolute atomic E-state index is 12.2. The Balaban J connectivity index is 1.92. The minimum Gasteiger partial charge on any atom is -0.489 e. The summed E-state index contributed by atoms with van der Waals surface area (Å²) in [6.45, 7) is 14.1. The molecule has 1 atom stereocenters. The third-order valence-corrected chi connectivity index (χ3v) is 8.11. The Morgan fingerprint density at radius 2 is 1.32 bits per heavy atom. The van der Waals surface area contributed by atoms with Crippen molar-refractivity contribution < 1.29 is 13.2 Å². The molecule has 0 bridgehead atoms. The Morgan fingerprint density at radius 1 is 0.825 bits per heavy atom. The molecule has 9 heteroatoms. The number of nitrogens with two attached hydrogens (primary N) is 1. The molecular weight excluding hydrogens is 657 g/mol. The van der Waals surface area contributed by atoms with E-state index in [1.54, 1.807) is 12.3 Å². The van der Waals surface area contributed by atoms with Crippen LogP contribution in [-0.2, 0) is 14.8 Å². The Bertz CT molecular complexity index is 1430. The molecule has 40 heavy (non-hydrogen) atoms. The van der Waals surface area contributed by atoms with Gasteiger partial charge in [0.05, 0.1) is 11.3 Å². The summed E-state index contributed by atoms with van der Waals surface area (Å²) in [6, 6.07) is 20.8. The summed E-state index contributed by atoms with van der Waals surface area (Å²) in [6.07, 6.45) is 8.46. The molecule has 0 aliphatic rings. The largest absolute Gasteiger partial charge is 0.489 e. The lowest BCUT2D eigenvalue weighted by atomic mass is 10.0. The van der Waals surface area contributed by atoms with Gasteiger partial charge in [0.1, 0.15) is 11.0 Å². The maximum Gasteiger partial charge on any atom is 0.239 e. The highest BCUT2D eigenvalue weighted by molar-refractivity contribution is 14.1. The normalized spacial score (nSPS) is 12.1. The van der Waals surface area contributed by atoms with Crippen molar-refractivity contribution in [3.8, 4) is 0 Å². The second-order valence-electron chi connectivity index (χ2n) is 8.87. The van der Waals surface area contributed by atoms with Gasteiger partial charge in [0.15, 0.2) is 0 Å². The zero-order valence-corrected chi connectivity index (χ0v) is 25.9. The number of anilines is 2. The first kappa shape index (κ1) is 31.5. The van der Waals surface area contributed by atoms with Crippen molar-refractivity contribution in [1.29, 1.82) is 0 Å². The van der Waals surface area contributed by atoms with Crippen LogP contribution in [0.1, 0.15) is 17.2 Å². The average molecular weight is 690 g/mol. The number of nitrogens with zero attached hydrogens (tertiary/aromatic N) is 2. The second kappa shape index (κ2) is 15.1. The lowest BCUT2D eigenvalue weighted by Crippen LogP contribution is -2.23. The van der Waals surface area contributed by atoms with E-state index in [0.717, 1.165) is 20.5 Å². The molecule has 3 rings (SSSR count). The number of primary sulfonamides is 1. The molecule has 0 fully saturated rings. The van der Waals surface area contributed by atoms with Crippen LogP contribution in [0.5, 0.6) is 0 Å². The van der Waals surface area contributed by atoms with Crippen LogP contribution >= 0.6 is 34.2 Å². The molecule has 6 nitrogen and oxygen atoms in total. The molecule has 0 radical (unpaired) electrons. The third kappa shape index (κ3) is 8.72. The Kier molecular flexibility index (Phi) is 11.9. The maximum atomic E-state index is 12.2. The van der Waals surface area contributed by atoms with Gasteiger partial charge in [-0.25, -0.2) is 13.6 Å². The van der Waals surface area contributed by atoms with E-state index in [2.05, 4.69) is 76.4 Å². The van der Waals surface area contributed by atoms with Gasteiger partial charge in [0.2, 0.25) is 10.0 Å². The summed E-state index contributed by atoms with van der Waals surface area (Å²) in [4.78, 5) is 4.13. The van der Waals surface area contributed by atoms with Crippen LogP contribution in [0.2, 0.25) is 5.02 Å². The molecule has 0 saturated carbocycles. The predicted octanol–water partition coefficient (Wildman–Crippen LogP) is 7.08. The number of benzene rings is 3. The Hall–Kier alpha value is -3.05. The predicted molar refractivity (Wildman–Crippen MR) is 176 cm³/mol. The summed E-state index contributed by atoms with van der Waals surface area (Å²) >= 11 is 8.44. The van der Waals surface area contributed by atoms with Gasteiger partial charge >= 0.3 is 0 Å². The van der Waals surface area contributed by atoms with E-state index >= 15 is 0 Å². The van der Waals surface area contributed by atoms with E-state index < -0.39 is 16.1 Å². The molecule has 2 N–H and O–H groups in total. The van der Waals surface area contributed by atoms with Gasteiger partial charge in [-0.2, -0.15) is 0 Å². The fourth-order valence-corrected chi connectivity index (χ4v) is 5.55. The van der Waals surface area contributed by atoms with Crippen molar-refractivity contribution in [3.05, 3.63) is 137 Å². The molecule has 0 aliphatic heterocycles. The van der Waals surface area contributed by atoms with Crippen molar-refractivity contribution >= 4 is 55.6 Å². The van der Waals surface area contributed by atoms with E-state index in [-0.39, 0.29) is 9.92 Å². The van der Waals surface area contributed by atoms with Crippen LogP contribution < -0.4 is 14.9 Å². The van der Waals surface area contributed by atoms with Crippen LogP contribution in [-0.4, -0.2) is 34.6 Å². The quantitative estimate of drug-likeness (QED) is 0.105. The minimum absolute atomic E-state index is 0.0537. The van der Waals surface area contributed by atoms with Crippen molar-refractivity contribution in [2.45, 2.75) is 11.0 Å². The Labute approximate surface area is 256 Å². The van der Waals surface area contributed by atoms with Crippen LogP contribution in [0.3, 0.4) is 0 Å². The summed E-state index contributed by atoms with van der Waals surface area (Å²) in [5.74, 6) is 0. The highest BCUT2D eigenvalue weighted by Crippen LogP contribution is 2.32. The molecule has 0 saturated heterocycles. The molecule has 0 aromatic heterocycles. The van der Waals surface area contributed by atoms with Crippen LogP contribution in [0.15, 0.2) is 122 Å². The van der Waals surface area contributed by atoms with Gasteiger partial charge in [0, 0.05) is 41.1 Å². The number of hydrogen-bond acceptors (Lipinski definition) is 5. The molecule has 0 amide bonds. The van der Waals surface area contributed by atoms with Crippen molar-refractivity contribution in [3.63, 3.8) is 0 Å². The van der Waals surface area contributed by atoms with Gasteiger partial charge in [0.25, 0.3) is 0 Å². The van der Waals surface area contributed by atoms with E-state index in [9.17, 15) is 8.42 Å². The first-order chi connectivity index (χ1) is 19.2. The molecule has 0 aliphatic carbocycles. The summed E-state index contributed by atoms with van der Waals surface area (Å²) in [5, 5.41) is 5.47. The van der Waals surface area contributed by atoms with E-state index in [4.69, 9.17) is 21.5 Å². The summed E-state index contributed by atoms with van der Waals surface area (Å²) in [7, 11) is -4.03. The van der Waals surface area contributed by atoms with Gasteiger partial charge in [-0.05, 0) is 88.3 Å². The van der Waals surface area contributed by atoms with Gasteiger partial charge in [-0.15, -0.1) is 19.7 Å². The van der Waals surface area contributed by atoms with Crippen LogP contribution in [0.4, 0.5) is 11.4 Å². The Morgan fingerprint density at radius 3 is 1.85 bits per heavy atom. The lowest BCUT2D eigenvalue weighted by Gasteiger charge is -2.24. The molecule has 3 aromatic rings. The minimum atomic E-state index is -4.03. The average Bonchev–Trinajstić information content (AvgIpc) is 2.93. The molecule has 0 spiro atoms. The fourth-order valence-electron chi connectivity index (χ4n) is 4.11. The molecule has 210 valence electrons. The molecule has 0 heterocycles. The molecule has 3 aromatic carbocycles. The monoisotopic (exact) mass is 689 g/mol. The van der Waals surface area contributed by atoms with E-state index in [1.165, 1.54) is 12.1 Å². The summed E-state index contributed by atoms with van der Waals surface area (Å²) in [5.41, 5.74) is 3.49. The number of ether oxygens (including phenoxy) is 1. The number of sulfonamides is 1. The fraction of sp³-hybridized carbons (Fsp3) is 0.161. The smallest absolute Gasteiger partial charge is 0.239 e. The third-order valence-electron chi connectivity index (χ3n) is 6.00. The summed E-state index contributed by atoms with van der Waals surface area (Å²) < 4.78 is 31.7. The van der Waals surface area contributed by atoms with Gasteiger partial charge in [-0.3, -0.25) is 0 Å². The first-order valence-corrected chi connectivity index (χ1v) is 15.5. The van der Waals surface area contributed by atoms with Gasteiger partial charge < -0.3 is 14.5 Å². The zero-order valence-electron chi connectivity index (χ0n) is 22.1. The van der Waals surface area contributed by atoms with E-state index in [0.29, 0.717) is 31.7 Å². The van der Waals surface area contributed by atoms with Gasteiger partial charge in [-0.1, -0.05) is 48.0 Å². The number of rotatable bonds is 15. The number of hydrogen-bond donors (Lipinski definition) is 1. The molecular formula is C31H33ClIN3O3S. The zero-order chi connectivity index (χ0) is 29.1. The van der Waals surface area contributed by atoms with Crippen molar-refractivity contribution in [2.24, 2.45) is 5.14 Å². The standard InChI is InChI=1S/C31H33ClIN3O3S/c1-4-18-35(19-5-2)27-13-8-24(9-14-27)31(25-10-17-29(32)30(23-25)40(34,37)38)39-22-7-21-36(20-6-3)28-15-11-26(33)12-16-28/h4-17,22-23,31H,1-3,18-21H2,(H2,34,37,38)/b22-7+. The second-order valence-corrected chi connectivity index (χ2v) is 12.0. The highest BCUT2D eigenvalue weighted by atomic mass is 127. The highest BCUT2D eigenvalue weighted by Gasteiger charge is 2.20. The topological polar surface area (TPSA) is 75.9 Å². The van der Waals surface area contributed by atoms with E-state index in [1.807, 2.05) is 48.6 Å².